The first-order valence-corrected chi connectivity index (χ1v) is 9.37. The summed E-state index contributed by atoms with van der Waals surface area (Å²) < 4.78 is 12.2. The first-order valence-electron chi connectivity index (χ1n) is 8.49. The van der Waals surface area contributed by atoms with E-state index in [0.29, 0.717) is 30.0 Å². The monoisotopic (exact) mass is 386 g/mol. The summed E-state index contributed by atoms with van der Waals surface area (Å²) in [5.41, 5.74) is 3.43. The van der Waals surface area contributed by atoms with Gasteiger partial charge in [-0.1, -0.05) is 0 Å². The maximum absolute atomic E-state index is 12.4. The average molecular weight is 386 g/mol. The zero-order valence-electron chi connectivity index (χ0n) is 15.8. The Morgan fingerprint density at radius 2 is 1.85 bits per heavy atom. The van der Waals surface area contributed by atoms with Crippen LogP contribution < -0.4 is 14.8 Å². The van der Waals surface area contributed by atoms with Gasteiger partial charge in [0, 0.05) is 35.7 Å². The summed E-state index contributed by atoms with van der Waals surface area (Å²) in [4.78, 5) is 17.0. The van der Waals surface area contributed by atoms with Crippen molar-refractivity contribution >= 4 is 17.2 Å². The van der Waals surface area contributed by atoms with Crippen molar-refractivity contribution < 1.29 is 14.3 Å². The quantitative estimate of drug-likeness (QED) is 0.675. The fourth-order valence-corrected chi connectivity index (χ4v) is 3.54. The Morgan fingerprint density at radius 3 is 2.44 bits per heavy atom. The van der Waals surface area contributed by atoms with Gasteiger partial charge >= 0.3 is 0 Å². The van der Waals surface area contributed by atoms with E-state index in [1.54, 1.807) is 32.4 Å². The van der Waals surface area contributed by atoms with E-state index in [9.17, 15) is 4.79 Å². The molecule has 0 fully saturated rings. The summed E-state index contributed by atoms with van der Waals surface area (Å²) in [5.74, 6) is 0.975. The number of rotatable bonds is 7. The van der Waals surface area contributed by atoms with E-state index in [4.69, 9.17) is 9.47 Å². The lowest BCUT2D eigenvalue weighted by molar-refractivity contribution is 0.0953. The Bertz CT molecular complexity index is 926. The van der Waals surface area contributed by atoms with Crippen molar-refractivity contribution in [1.29, 1.82) is 0 Å². The number of hydrogen-bond acceptors (Lipinski definition) is 6. The van der Waals surface area contributed by atoms with Crippen LogP contribution in [0.25, 0.3) is 5.13 Å². The number of hydrogen-bond donors (Lipinski definition) is 1. The van der Waals surface area contributed by atoms with Crippen molar-refractivity contribution in [2.24, 2.45) is 0 Å². The average Bonchev–Trinajstić information content (AvgIpc) is 3.26. The molecule has 0 saturated heterocycles. The summed E-state index contributed by atoms with van der Waals surface area (Å²) in [6.45, 7) is 4.45. The number of nitrogens with one attached hydrogen (secondary N) is 1. The van der Waals surface area contributed by atoms with E-state index in [1.807, 2.05) is 30.0 Å². The minimum Gasteiger partial charge on any atom is -0.497 e. The second-order valence-electron chi connectivity index (χ2n) is 6.07. The third kappa shape index (κ3) is 4.46. The molecule has 0 aliphatic heterocycles. The Morgan fingerprint density at radius 1 is 1.15 bits per heavy atom. The van der Waals surface area contributed by atoms with Gasteiger partial charge in [0.25, 0.3) is 5.91 Å². The van der Waals surface area contributed by atoms with Crippen LogP contribution >= 0.6 is 11.3 Å². The van der Waals surface area contributed by atoms with Crippen molar-refractivity contribution in [2.45, 2.75) is 20.3 Å². The first kappa shape index (κ1) is 18.9. The molecule has 0 spiro atoms. The maximum Gasteiger partial charge on any atom is 0.251 e. The molecule has 0 aliphatic carbocycles. The molecule has 0 aliphatic rings. The molecule has 3 rings (SSSR count). The molecule has 142 valence electrons. The molecule has 1 amide bonds. The van der Waals surface area contributed by atoms with Crippen molar-refractivity contribution in [3.8, 4) is 16.6 Å². The predicted octanol–water partition coefficient (Wildman–Crippen LogP) is 2.94. The van der Waals surface area contributed by atoms with Gasteiger partial charge in [-0.2, -0.15) is 5.10 Å². The van der Waals surface area contributed by atoms with E-state index >= 15 is 0 Å². The molecule has 0 saturated carbocycles. The second-order valence-corrected chi connectivity index (χ2v) is 6.90. The summed E-state index contributed by atoms with van der Waals surface area (Å²) in [5, 5.41) is 10.2. The number of methoxy groups -OCH3 is 2. The third-order valence-electron chi connectivity index (χ3n) is 4.01. The lowest BCUT2D eigenvalue weighted by Crippen LogP contribution is -2.25. The standard InChI is InChI=1S/C19H22N4O3S/c1-12-7-13(2)23(22-12)19-21-15(11-27-19)5-6-20-18(24)14-8-16(25-3)10-17(9-14)26-4/h7-11H,5-6H2,1-4H3,(H,20,24). The van der Waals surface area contributed by atoms with Crippen LogP contribution in [0.3, 0.4) is 0 Å². The van der Waals surface area contributed by atoms with Crippen molar-refractivity contribution in [3.63, 3.8) is 0 Å². The van der Waals surface area contributed by atoms with Gasteiger partial charge in [0.2, 0.25) is 5.13 Å². The van der Waals surface area contributed by atoms with Gasteiger partial charge in [0.15, 0.2) is 0 Å². The van der Waals surface area contributed by atoms with Gasteiger partial charge in [-0.3, -0.25) is 4.79 Å². The SMILES string of the molecule is COc1cc(OC)cc(C(=O)NCCc2csc(-n3nc(C)cc3C)n2)c1. The Hall–Kier alpha value is -2.87. The Labute approximate surface area is 162 Å². The molecule has 1 aromatic carbocycles. The van der Waals surface area contributed by atoms with Crippen LogP contribution in [0.4, 0.5) is 0 Å². The van der Waals surface area contributed by atoms with Crippen LogP contribution in [0, 0.1) is 13.8 Å². The number of amides is 1. The van der Waals surface area contributed by atoms with Crippen LogP contribution in [-0.4, -0.2) is 41.4 Å². The Balaban J connectivity index is 1.60. The van der Waals surface area contributed by atoms with Crippen LogP contribution in [0.1, 0.15) is 27.4 Å². The fraction of sp³-hybridized carbons (Fsp3) is 0.316. The number of aromatic nitrogens is 3. The molecule has 2 heterocycles. The highest BCUT2D eigenvalue weighted by atomic mass is 32.1. The number of carbonyl (C=O) groups excluding carboxylic acids is 1. The van der Waals surface area contributed by atoms with E-state index in [1.165, 1.54) is 11.3 Å². The van der Waals surface area contributed by atoms with Gasteiger partial charge in [0.05, 0.1) is 25.6 Å². The second kappa shape index (κ2) is 8.22. The molecule has 3 aromatic rings. The summed E-state index contributed by atoms with van der Waals surface area (Å²) in [6, 6.07) is 7.11. The molecule has 0 radical (unpaired) electrons. The zero-order chi connectivity index (χ0) is 19.4. The van der Waals surface area contributed by atoms with Gasteiger partial charge in [0.1, 0.15) is 11.5 Å². The van der Waals surface area contributed by atoms with Gasteiger partial charge in [-0.15, -0.1) is 11.3 Å². The van der Waals surface area contributed by atoms with Crippen LogP contribution in [0.2, 0.25) is 0 Å². The van der Waals surface area contributed by atoms with E-state index in [0.717, 1.165) is 22.2 Å². The summed E-state index contributed by atoms with van der Waals surface area (Å²) in [7, 11) is 3.11. The molecule has 7 nitrogen and oxygen atoms in total. The van der Waals surface area contributed by atoms with Crippen molar-refractivity contribution in [1.82, 2.24) is 20.1 Å². The van der Waals surface area contributed by atoms with Gasteiger partial charge < -0.3 is 14.8 Å². The van der Waals surface area contributed by atoms with Crippen molar-refractivity contribution in [3.05, 3.63) is 52.3 Å². The minimum absolute atomic E-state index is 0.179. The molecule has 0 unspecified atom stereocenters. The molecule has 0 atom stereocenters. The normalized spacial score (nSPS) is 10.7. The van der Waals surface area contributed by atoms with Crippen LogP contribution in [0.5, 0.6) is 11.5 Å². The molecule has 27 heavy (non-hydrogen) atoms. The molecular formula is C19H22N4O3S. The number of benzene rings is 1. The number of nitrogens with zero attached hydrogens (tertiary/aromatic N) is 3. The van der Waals surface area contributed by atoms with Crippen LogP contribution in [-0.2, 0) is 6.42 Å². The molecular weight excluding hydrogens is 364 g/mol. The largest absolute Gasteiger partial charge is 0.497 e. The number of ether oxygens (including phenoxy) is 2. The minimum atomic E-state index is -0.179. The highest BCUT2D eigenvalue weighted by Gasteiger charge is 2.11. The Kier molecular flexibility index (Phi) is 5.75. The topological polar surface area (TPSA) is 78.3 Å². The highest BCUT2D eigenvalue weighted by Crippen LogP contribution is 2.22. The van der Waals surface area contributed by atoms with E-state index in [-0.39, 0.29) is 5.91 Å². The summed E-state index contributed by atoms with van der Waals surface area (Å²) >= 11 is 1.54. The predicted molar refractivity (Wildman–Crippen MR) is 104 cm³/mol. The molecule has 1 N–H and O–H groups in total. The zero-order valence-corrected chi connectivity index (χ0v) is 16.6. The smallest absolute Gasteiger partial charge is 0.251 e. The van der Waals surface area contributed by atoms with Crippen LogP contribution in [0.15, 0.2) is 29.6 Å². The summed E-state index contributed by atoms with van der Waals surface area (Å²) in [6.07, 6.45) is 0.642. The third-order valence-corrected chi connectivity index (χ3v) is 4.88. The highest BCUT2D eigenvalue weighted by molar-refractivity contribution is 7.12. The van der Waals surface area contributed by atoms with E-state index < -0.39 is 0 Å². The number of carbonyl (C=O) groups is 1. The molecule has 2 aromatic heterocycles. The maximum atomic E-state index is 12.4. The van der Waals surface area contributed by atoms with Gasteiger partial charge in [-0.25, -0.2) is 9.67 Å². The molecule has 8 heteroatoms. The first-order chi connectivity index (χ1) is 13.0. The van der Waals surface area contributed by atoms with E-state index in [2.05, 4.69) is 15.4 Å². The van der Waals surface area contributed by atoms with Crippen molar-refractivity contribution in [2.75, 3.05) is 20.8 Å². The number of aryl methyl sites for hydroxylation is 2. The fourth-order valence-electron chi connectivity index (χ4n) is 2.68. The lowest BCUT2D eigenvalue weighted by atomic mass is 10.2. The number of thiazole rings is 1. The lowest BCUT2D eigenvalue weighted by Gasteiger charge is -2.09. The van der Waals surface area contributed by atoms with Gasteiger partial charge in [-0.05, 0) is 32.0 Å². The molecule has 0 bridgehead atoms.